The van der Waals surface area contributed by atoms with Crippen LogP contribution in [0.1, 0.15) is 39.5 Å². The van der Waals surface area contributed by atoms with Gasteiger partial charge in [-0.15, -0.1) is 0 Å². The van der Waals surface area contributed by atoms with Crippen LogP contribution < -0.4 is 16.0 Å². The summed E-state index contributed by atoms with van der Waals surface area (Å²) in [6.07, 6.45) is 3.80. The third-order valence-electron chi connectivity index (χ3n) is 3.90. The van der Waals surface area contributed by atoms with Crippen molar-refractivity contribution in [2.45, 2.75) is 39.5 Å². The summed E-state index contributed by atoms with van der Waals surface area (Å²) in [4.78, 5) is 14.2. The average molecular weight is 275 g/mol. The van der Waals surface area contributed by atoms with E-state index in [4.69, 9.17) is 5.73 Å². The molecule has 1 fully saturated rings. The number of carbonyl (C=O) groups is 1. The van der Waals surface area contributed by atoms with Gasteiger partial charge in [-0.1, -0.05) is 13.8 Å². The highest BCUT2D eigenvalue weighted by Crippen LogP contribution is 2.31. The molecular formula is C16H25N3O. The molecule has 1 aromatic carbocycles. The van der Waals surface area contributed by atoms with Crippen molar-refractivity contribution in [1.29, 1.82) is 0 Å². The molecule has 0 atom stereocenters. The highest BCUT2D eigenvalue weighted by Gasteiger charge is 2.19. The highest BCUT2D eigenvalue weighted by molar-refractivity contribution is 5.95. The topological polar surface area (TPSA) is 58.4 Å². The van der Waals surface area contributed by atoms with Gasteiger partial charge in [0.2, 0.25) is 5.91 Å². The number of anilines is 3. The Morgan fingerprint density at radius 1 is 1.40 bits per heavy atom. The molecule has 20 heavy (non-hydrogen) atoms. The molecule has 1 aliphatic heterocycles. The number of piperidine rings is 1. The minimum Gasteiger partial charge on any atom is -0.399 e. The van der Waals surface area contributed by atoms with Gasteiger partial charge in [0.25, 0.3) is 0 Å². The van der Waals surface area contributed by atoms with E-state index in [0.29, 0.717) is 12.1 Å². The molecule has 4 heteroatoms. The molecule has 1 amide bonds. The van der Waals surface area contributed by atoms with Crippen molar-refractivity contribution >= 4 is 23.0 Å². The fourth-order valence-corrected chi connectivity index (χ4v) is 2.62. The zero-order valence-electron chi connectivity index (χ0n) is 12.5. The van der Waals surface area contributed by atoms with Crippen molar-refractivity contribution in [3.8, 4) is 0 Å². The van der Waals surface area contributed by atoms with Crippen molar-refractivity contribution in [2.75, 3.05) is 29.0 Å². The molecule has 0 radical (unpaired) electrons. The van der Waals surface area contributed by atoms with Crippen LogP contribution in [0.25, 0.3) is 0 Å². The van der Waals surface area contributed by atoms with Gasteiger partial charge in [-0.05, 0) is 43.4 Å². The summed E-state index contributed by atoms with van der Waals surface area (Å²) >= 11 is 0. The number of nitrogens with one attached hydrogen (secondary N) is 1. The monoisotopic (exact) mass is 275 g/mol. The molecule has 4 nitrogen and oxygen atoms in total. The summed E-state index contributed by atoms with van der Waals surface area (Å²) in [7, 11) is 0. The Balaban J connectivity index is 2.17. The molecule has 0 unspecified atom stereocenters. The standard InChI is InChI=1S/C16H25N3O/c1-3-4-16(20)18-14-11-13(17)5-6-15(14)19-9-7-12(2)8-10-19/h5-6,11-12H,3-4,7-10,17H2,1-2H3,(H,18,20). The van der Waals surface area contributed by atoms with Crippen LogP contribution in [-0.4, -0.2) is 19.0 Å². The molecule has 1 saturated heterocycles. The van der Waals surface area contributed by atoms with Gasteiger partial charge < -0.3 is 16.0 Å². The van der Waals surface area contributed by atoms with Gasteiger partial charge in [-0.25, -0.2) is 0 Å². The van der Waals surface area contributed by atoms with Crippen molar-refractivity contribution in [1.82, 2.24) is 0 Å². The lowest BCUT2D eigenvalue weighted by molar-refractivity contribution is -0.116. The third kappa shape index (κ3) is 3.65. The number of nitrogens with two attached hydrogens (primary N) is 1. The molecule has 3 N–H and O–H groups in total. The summed E-state index contributed by atoms with van der Waals surface area (Å²) in [5.74, 6) is 0.850. The van der Waals surface area contributed by atoms with Crippen LogP contribution in [0.3, 0.4) is 0 Å². The number of rotatable bonds is 4. The second-order valence-electron chi connectivity index (χ2n) is 5.74. The van der Waals surface area contributed by atoms with Crippen molar-refractivity contribution in [3.63, 3.8) is 0 Å². The maximum absolute atomic E-state index is 11.8. The van der Waals surface area contributed by atoms with Crippen LogP contribution in [0.5, 0.6) is 0 Å². The van der Waals surface area contributed by atoms with Gasteiger partial charge in [0.15, 0.2) is 0 Å². The van der Waals surface area contributed by atoms with Gasteiger partial charge >= 0.3 is 0 Å². The van der Waals surface area contributed by atoms with E-state index in [9.17, 15) is 4.79 Å². The molecule has 110 valence electrons. The number of hydrogen-bond donors (Lipinski definition) is 2. The fourth-order valence-electron chi connectivity index (χ4n) is 2.62. The summed E-state index contributed by atoms with van der Waals surface area (Å²) in [5.41, 5.74) is 8.48. The maximum Gasteiger partial charge on any atom is 0.224 e. The largest absolute Gasteiger partial charge is 0.399 e. The Hall–Kier alpha value is -1.71. The predicted octanol–water partition coefficient (Wildman–Crippen LogP) is 3.24. The SMILES string of the molecule is CCCC(=O)Nc1cc(N)ccc1N1CCC(C)CC1. The number of benzene rings is 1. The van der Waals surface area contributed by atoms with Gasteiger partial charge in [-0.3, -0.25) is 4.79 Å². The highest BCUT2D eigenvalue weighted by atomic mass is 16.1. The zero-order chi connectivity index (χ0) is 14.5. The fraction of sp³-hybridized carbons (Fsp3) is 0.562. The van der Waals surface area contributed by atoms with Gasteiger partial charge in [0.1, 0.15) is 0 Å². The van der Waals surface area contributed by atoms with Crippen LogP contribution in [0.2, 0.25) is 0 Å². The Labute approximate surface area is 121 Å². The number of nitrogen functional groups attached to an aromatic ring is 1. The molecule has 0 saturated carbocycles. The van der Waals surface area contributed by atoms with E-state index >= 15 is 0 Å². The van der Waals surface area contributed by atoms with E-state index in [0.717, 1.165) is 36.8 Å². The number of hydrogen-bond acceptors (Lipinski definition) is 3. The Morgan fingerprint density at radius 3 is 2.75 bits per heavy atom. The summed E-state index contributed by atoms with van der Waals surface area (Å²) in [6, 6.07) is 5.79. The van der Waals surface area contributed by atoms with E-state index in [1.54, 1.807) is 0 Å². The van der Waals surface area contributed by atoms with E-state index in [-0.39, 0.29) is 5.91 Å². The first kappa shape index (κ1) is 14.7. The molecule has 0 spiro atoms. The second kappa shape index (κ2) is 6.64. The maximum atomic E-state index is 11.8. The lowest BCUT2D eigenvalue weighted by Crippen LogP contribution is -2.33. The predicted molar refractivity (Wildman–Crippen MR) is 85.0 cm³/mol. The van der Waals surface area contributed by atoms with E-state index in [1.165, 1.54) is 12.8 Å². The van der Waals surface area contributed by atoms with Gasteiger partial charge in [-0.2, -0.15) is 0 Å². The van der Waals surface area contributed by atoms with E-state index in [2.05, 4.69) is 17.1 Å². The quantitative estimate of drug-likeness (QED) is 0.829. The van der Waals surface area contributed by atoms with Crippen LogP contribution in [0, 0.1) is 5.92 Å². The molecule has 0 bridgehead atoms. The average Bonchev–Trinajstić information content (AvgIpc) is 2.40. The van der Waals surface area contributed by atoms with Crippen LogP contribution in [0.15, 0.2) is 18.2 Å². The van der Waals surface area contributed by atoms with E-state index in [1.807, 2.05) is 25.1 Å². The van der Waals surface area contributed by atoms with Gasteiger partial charge in [0.05, 0.1) is 11.4 Å². The minimum absolute atomic E-state index is 0.0599. The second-order valence-corrected chi connectivity index (χ2v) is 5.74. The Kier molecular flexibility index (Phi) is 4.88. The number of carbonyl (C=O) groups excluding carboxylic acids is 1. The molecule has 2 rings (SSSR count). The summed E-state index contributed by atoms with van der Waals surface area (Å²) < 4.78 is 0. The molecule has 0 aliphatic carbocycles. The number of amides is 1. The zero-order valence-corrected chi connectivity index (χ0v) is 12.5. The Bertz CT molecular complexity index is 465. The molecule has 1 aromatic rings. The van der Waals surface area contributed by atoms with Gasteiger partial charge in [0, 0.05) is 25.2 Å². The third-order valence-corrected chi connectivity index (χ3v) is 3.90. The van der Waals surface area contributed by atoms with E-state index < -0.39 is 0 Å². The summed E-state index contributed by atoms with van der Waals surface area (Å²) in [6.45, 7) is 6.39. The van der Waals surface area contributed by atoms with Crippen molar-refractivity contribution in [2.24, 2.45) is 5.92 Å². The minimum atomic E-state index is 0.0599. The van der Waals surface area contributed by atoms with Crippen molar-refractivity contribution < 1.29 is 4.79 Å². The molecular weight excluding hydrogens is 250 g/mol. The first-order valence-electron chi connectivity index (χ1n) is 7.54. The van der Waals surface area contributed by atoms with Crippen molar-refractivity contribution in [3.05, 3.63) is 18.2 Å². The first-order chi connectivity index (χ1) is 9.60. The smallest absolute Gasteiger partial charge is 0.224 e. The van der Waals surface area contributed by atoms with Crippen LogP contribution in [0.4, 0.5) is 17.1 Å². The normalized spacial score (nSPS) is 16.2. The summed E-state index contributed by atoms with van der Waals surface area (Å²) in [5, 5.41) is 3.00. The molecule has 1 aliphatic rings. The lowest BCUT2D eigenvalue weighted by atomic mass is 9.98. The first-order valence-corrected chi connectivity index (χ1v) is 7.54. The molecule has 1 heterocycles. The Morgan fingerprint density at radius 2 is 2.10 bits per heavy atom. The number of nitrogens with zero attached hydrogens (tertiary/aromatic N) is 1. The molecule has 0 aromatic heterocycles. The van der Waals surface area contributed by atoms with Crippen LogP contribution >= 0.6 is 0 Å². The van der Waals surface area contributed by atoms with Crippen LogP contribution in [-0.2, 0) is 4.79 Å². The lowest BCUT2D eigenvalue weighted by Gasteiger charge is -2.33.